The molecule has 5 nitrogen and oxygen atoms in total. The number of ether oxygens (including phenoxy) is 1. The molecule has 4 saturated carbocycles. The predicted octanol–water partition coefficient (Wildman–Crippen LogP) is 2.27. The van der Waals surface area contributed by atoms with E-state index in [-0.39, 0.29) is 17.3 Å². The summed E-state index contributed by atoms with van der Waals surface area (Å²) in [6, 6.07) is 0. The van der Waals surface area contributed by atoms with Crippen LogP contribution in [-0.2, 0) is 9.53 Å². The summed E-state index contributed by atoms with van der Waals surface area (Å²) in [4.78, 5) is 11.6. The largest absolute Gasteiger partial charge is 0.458 e. The van der Waals surface area contributed by atoms with Crippen molar-refractivity contribution in [3.05, 3.63) is 0 Å². The highest BCUT2D eigenvalue weighted by molar-refractivity contribution is 5.66. The van der Waals surface area contributed by atoms with E-state index in [9.17, 15) is 20.1 Å². The summed E-state index contributed by atoms with van der Waals surface area (Å²) in [6.45, 7) is 5.73. The molecule has 0 radical (unpaired) electrons. The van der Waals surface area contributed by atoms with E-state index >= 15 is 0 Å². The van der Waals surface area contributed by atoms with Gasteiger partial charge < -0.3 is 20.1 Å². The molecule has 0 aromatic carbocycles. The summed E-state index contributed by atoms with van der Waals surface area (Å²) >= 11 is 0. The molecule has 4 aliphatic carbocycles. The van der Waals surface area contributed by atoms with Crippen molar-refractivity contribution in [1.82, 2.24) is 0 Å². The standard InChI is InChI=1S/C23H34O5/c1-5-23(27)19(28-13(2)24)12-17-14-6-7-16-20(26)18(25)9-10-21(16,3)15(14)8-11-22(17,23)4/h1,14-20,25-27H,6-12H2,2-4H3/t14-,15+,16?,17+,18-,19-,20-,21-,22+,23-/m1/s1. The lowest BCUT2D eigenvalue weighted by Crippen LogP contribution is -2.60. The van der Waals surface area contributed by atoms with Gasteiger partial charge in [0.15, 0.2) is 5.60 Å². The number of aliphatic hydroxyl groups is 3. The first-order valence-electron chi connectivity index (χ1n) is 10.8. The van der Waals surface area contributed by atoms with E-state index in [0.29, 0.717) is 24.7 Å². The Labute approximate surface area is 167 Å². The maximum Gasteiger partial charge on any atom is 0.303 e. The summed E-state index contributed by atoms with van der Waals surface area (Å²) in [7, 11) is 0. The van der Waals surface area contributed by atoms with Crippen LogP contribution in [-0.4, -0.2) is 45.2 Å². The van der Waals surface area contributed by atoms with Crippen molar-refractivity contribution in [1.29, 1.82) is 0 Å². The fourth-order valence-corrected chi connectivity index (χ4v) is 7.90. The second kappa shape index (κ2) is 6.45. The van der Waals surface area contributed by atoms with Crippen molar-refractivity contribution in [3.8, 4) is 12.3 Å². The molecule has 28 heavy (non-hydrogen) atoms. The number of hydrogen-bond donors (Lipinski definition) is 3. The van der Waals surface area contributed by atoms with Crippen molar-refractivity contribution in [3.63, 3.8) is 0 Å². The molecule has 10 atom stereocenters. The highest BCUT2D eigenvalue weighted by atomic mass is 16.6. The molecule has 156 valence electrons. The van der Waals surface area contributed by atoms with Crippen LogP contribution in [0.4, 0.5) is 0 Å². The van der Waals surface area contributed by atoms with Gasteiger partial charge >= 0.3 is 5.97 Å². The van der Waals surface area contributed by atoms with E-state index < -0.39 is 35.3 Å². The molecule has 0 aromatic rings. The van der Waals surface area contributed by atoms with E-state index in [2.05, 4.69) is 19.8 Å². The zero-order valence-electron chi connectivity index (χ0n) is 17.2. The number of hydrogen-bond acceptors (Lipinski definition) is 5. The lowest BCUT2D eigenvalue weighted by atomic mass is 9.44. The van der Waals surface area contributed by atoms with E-state index in [1.165, 1.54) is 6.92 Å². The highest BCUT2D eigenvalue weighted by Gasteiger charge is 2.69. The molecule has 0 heterocycles. The maximum absolute atomic E-state index is 11.6. The minimum absolute atomic E-state index is 0.00330. The number of aliphatic hydroxyl groups excluding tert-OH is 2. The summed E-state index contributed by atoms with van der Waals surface area (Å²) in [5.41, 5.74) is -1.91. The Hall–Kier alpha value is -1.09. The van der Waals surface area contributed by atoms with Gasteiger partial charge in [0.25, 0.3) is 0 Å². The van der Waals surface area contributed by atoms with Crippen LogP contribution in [0.2, 0.25) is 0 Å². The highest BCUT2D eigenvalue weighted by Crippen LogP contribution is 2.68. The van der Waals surface area contributed by atoms with Gasteiger partial charge in [0.2, 0.25) is 0 Å². The molecule has 4 rings (SSSR count). The fraction of sp³-hybridized carbons (Fsp3) is 0.870. The normalized spacial score (nSPS) is 55.4. The van der Waals surface area contributed by atoms with Gasteiger partial charge in [-0.3, -0.25) is 4.79 Å². The number of carbonyl (C=O) groups excluding carboxylic acids is 1. The first kappa shape index (κ1) is 20.2. The molecule has 0 bridgehead atoms. The molecule has 4 fully saturated rings. The fourth-order valence-electron chi connectivity index (χ4n) is 7.90. The molecule has 3 N–H and O–H groups in total. The molecule has 5 heteroatoms. The van der Waals surface area contributed by atoms with Gasteiger partial charge in [-0.2, -0.15) is 0 Å². The third-order valence-corrected chi connectivity index (χ3v) is 9.45. The van der Waals surface area contributed by atoms with E-state index in [4.69, 9.17) is 11.2 Å². The molecule has 0 aliphatic heterocycles. The van der Waals surface area contributed by atoms with Gasteiger partial charge in [-0.15, -0.1) is 6.42 Å². The van der Waals surface area contributed by atoms with Crippen molar-refractivity contribution in [2.75, 3.05) is 0 Å². The third-order valence-electron chi connectivity index (χ3n) is 9.45. The second-order valence-corrected chi connectivity index (χ2v) is 10.4. The zero-order chi connectivity index (χ0) is 20.5. The molecular weight excluding hydrogens is 356 g/mol. The Balaban J connectivity index is 1.67. The van der Waals surface area contributed by atoms with E-state index in [1.807, 2.05) is 0 Å². The van der Waals surface area contributed by atoms with Gasteiger partial charge in [-0.25, -0.2) is 0 Å². The molecule has 4 aliphatic rings. The number of terminal acetylenes is 1. The van der Waals surface area contributed by atoms with Gasteiger partial charge in [0.1, 0.15) is 6.10 Å². The molecule has 0 amide bonds. The van der Waals surface area contributed by atoms with Crippen LogP contribution in [0.1, 0.15) is 65.7 Å². The Bertz CT molecular complexity index is 700. The minimum Gasteiger partial charge on any atom is -0.458 e. The number of fused-ring (bicyclic) bond motifs is 5. The smallest absolute Gasteiger partial charge is 0.303 e. The molecule has 0 spiro atoms. The molecule has 0 saturated heterocycles. The van der Waals surface area contributed by atoms with Crippen LogP contribution < -0.4 is 0 Å². The summed E-state index contributed by atoms with van der Waals surface area (Å²) < 4.78 is 5.51. The van der Waals surface area contributed by atoms with Crippen molar-refractivity contribution < 1.29 is 24.9 Å². The van der Waals surface area contributed by atoms with Crippen LogP contribution in [0.25, 0.3) is 0 Å². The second-order valence-electron chi connectivity index (χ2n) is 10.4. The van der Waals surface area contributed by atoms with Gasteiger partial charge in [0, 0.05) is 12.3 Å². The average molecular weight is 391 g/mol. The maximum atomic E-state index is 11.6. The zero-order valence-corrected chi connectivity index (χ0v) is 17.2. The van der Waals surface area contributed by atoms with Crippen molar-refractivity contribution in [2.24, 2.45) is 34.5 Å². The quantitative estimate of drug-likeness (QED) is 0.472. The topological polar surface area (TPSA) is 87.0 Å². The number of esters is 1. The number of rotatable bonds is 1. The van der Waals surface area contributed by atoms with Gasteiger partial charge in [-0.05, 0) is 74.0 Å². The van der Waals surface area contributed by atoms with E-state index in [0.717, 1.165) is 32.1 Å². The summed E-state index contributed by atoms with van der Waals surface area (Å²) in [6.07, 6.45) is 9.64. The first-order chi connectivity index (χ1) is 13.1. The summed E-state index contributed by atoms with van der Waals surface area (Å²) in [5, 5.41) is 32.3. The van der Waals surface area contributed by atoms with Gasteiger partial charge in [-0.1, -0.05) is 19.8 Å². The van der Waals surface area contributed by atoms with Gasteiger partial charge in [0.05, 0.1) is 12.2 Å². The Morgan fingerprint density at radius 2 is 1.79 bits per heavy atom. The first-order valence-corrected chi connectivity index (χ1v) is 10.8. The Kier molecular flexibility index (Phi) is 4.65. The minimum atomic E-state index is -1.44. The Morgan fingerprint density at radius 3 is 2.43 bits per heavy atom. The number of carbonyl (C=O) groups is 1. The molecular formula is C23H34O5. The predicted molar refractivity (Wildman–Crippen MR) is 104 cm³/mol. The van der Waals surface area contributed by atoms with Crippen LogP contribution >= 0.6 is 0 Å². The monoisotopic (exact) mass is 390 g/mol. The van der Waals surface area contributed by atoms with Crippen molar-refractivity contribution >= 4 is 5.97 Å². The van der Waals surface area contributed by atoms with Crippen LogP contribution in [0.3, 0.4) is 0 Å². The average Bonchev–Trinajstić information content (AvgIpc) is 2.86. The Morgan fingerprint density at radius 1 is 1.07 bits per heavy atom. The van der Waals surface area contributed by atoms with Crippen molar-refractivity contribution in [2.45, 2.75) is 89.6 Å². The molecule has 0 aromatic heterocycles. The third kappa shape index (κ3) is 2.47. The SMILES string of the molecule is C#C[C@@]1(O)[C@H](OC(C)=O)C[C@H]2[C@@H]3CCC4[C@@H](O)[C@H](O)CC[C@]4(C)[C@H]3CC[C@@]21C. The van der Waals surface area contributed by atoms with Crippen LogP contribution in [0, 0.1) is 46.8 Å². The molecule has 1 unspecified atom stereocenters. The van der Waals surface area contributed by atoms with Crippen LogP contribution in [0.5, 0.6) is 0 Å². The lowest BCUT2D eigenvalue weighted by molar-refractivity contribution is -0.185. The van der Waals surface area contributed by atoms with E-state index in [1.54, 1.807) is 0 Å². The lowest BCUT2D eigenvalue weighted by Gasteiger charge is -2.61. The summed E-state index contributed by atoms with van der Waals surface area (Å²) in [5.74, 6) is 3.35. The van der Waals surface area contributed by atoms with Crippen LogP contribution in [0.15, 0.2) is 0 Å².